The third-order valence-electron chi connectivity index (χ3n) is 7.10. The van der Waals surface area contributed by atoms with Gasteiger partial charge in [0.15, 0.2) is 0 Å². The number of phenolic OH excluding ortho intramolecular Hbond substituents is 1. The first kappa shape index (κ1) is 23.7. The van der Waals surface area contributed by atoms with Crippen molar-refractivity contribution in [2.45, 2.75) is 38.6 Å². The molecule has 0 bridgehead atoms. The molecular weight excluding hydrogens is 478 g/mol. The lowest BCUT2D eigenvalue weighted by atomic mass is 9.98. The Bertz CT molecular complexity index is 1540. The molecule has 8 nitrogen and oxygen atoms in total. The second-order valence-electron chi connectivity index (χ2n) is 9.49. The number of rotatable bonds is 5. The monoisotopic (exact) mass is 505 g/mol. The number of pyridine rings is 2. The van der Waals surface area contributed by atoms with Gasteiger partial charge in [0.25, 0.3) is 0 Å². The number of aromatic nitrogens is 2. The van der Waals surface area contributed by atoms with Gasteiger partial charge in [-0.2, -0.15) is 5.10 Å². The van der Waals surface area contributed by atoms with E-state index in [1.165, 1.54) is 21.7 Å². The summed E-state index contributed by atoms with van der Waals surface area (Å²) in [7, 11) is 0. The van der Waals surface area contributed by atoms with Gasteiger partial charge in [0.2, 0.25) is 5.88 Å². The van der Waals surface area contributed by atoms with Crippen molar-refractivity contribution >= 4 is 17.4 Å². The smallest absolute Gasteiger partial charge is 0.343 e. The van der Waals surface area contributed by atoms with E-state index in [1.54, 1.807) is 48.9 Å². The van der Waals surface area contributed by atoms with Crippen LogP contribution in [-0.4, -0.2) is 31.8 Å². The molecule has 0 spiro atoms. The first-order chi connectivity index (χ1) is 18.6. The van der Waals surface area contributed by atoms with Gasteiger partial charge >= 0.3 is 6.03 Å². The highest BCUT2D eigenvalue weighted by molar-refractivity contribution is 6.04. The minimum atomic E-state index is -0.493. The number of aryl methyl sites for hydroxylation is 1. The summed E-state index contributed by atoms with van der Waals surface area (Å²) < 4.78 is 6.26. The van der Waals surface area contributed by atoms with E-state index in [0.29, 0.717) is 29.3 Å². The quantitative estimate of drug-likeness (QED) is 0.339. The van der Waals surface area contributed by atoms with Crippen LogP contribution >= 0.6 is 0 Å². The molecule has 2 aliphatic rings. The van der Waals surface area contributed by atoms with Crippen molar-refractivity contribution < 1.29 is 14.6 Å². The van der Waals surface area contributed by atoms with E-state index in [2.05, 4.69) is 33.4 Å². The van der Waals surface area contributed by atoms with E-state index in [-0.39, 0.29) is 5.75 Å². The molecule has 3 heterocycles. The lowest BCUT2D eigenvalue weighted by Crippen LogP contribution is -2.31. The number of anilines is 1. The van der Waals surface area contributed by atoms with Crippen molar-refractivity contribution in [3.63, 3.8) is 0 Å². The summed E-state index contributed by atoms with van der Waals surface area (Å²) in [5, 5.41) is 19.5. The van der Waals surface area contributed by atoms with Crippen LogP contribution in [0.5, 0.6) is 17.4 Å². The van der Waals surface area contributed by atoms with Crippen molar-refractivity contribution in [3.05, 3.63) is 107 Å². The number of aromatic hydroxyl groups is 1. The number of phenols is 1. The molecule has 2 N–H and O–H groups in total. The predicted octanol–water partition coefficient (Wildman–Crippen LogP) is 6.15. The minimum Gasteiger partial charge on any atom is -0.508 e. The molecule has 1 aliphatic carbocycles. The number of urea groups is 1. The summed E-state index contributed by atoms with van der Waals surface area (Å²) in [5.41, 5.74) is 6.39. The Labute approximate surface area is 220 Å². The standard InChI is InChI=1S/C30H27N5O3/c1-19-13-14-28(22-10-4-9-21(19)22)38-29-24(11-6-16-32-29)33-30(37)35-26(23-8-2-3-12-27(23)36)17-25(34-35)20-7-5-15-31-18-20/h2-3,5-8,11-16,18,26,36H,4,9-10,17H2,1H3,(H,33,37). The van der Waals surface area contributed by atoms with Crippen LogP contribution in [0.15, 0.2) is 84.4 Å². The van der Waals surface area contributed by atoms with Crippen LogP contribution in [0.1, 0.15) is 46.7 Å². The highest BCUT2D eigenvalue weighted by Crippen LogP contribution is 2.39. The molecule has 2 aromatic heterocycles. The number of carbonyl (C=O) groups excluding carboxylic acids is 1. The number of fused-ring (bicyclic) bond motifs is 1. The number of hydrogen-bond donors (Lipinski definition) is 2. The van der Waals surface area contributed by atoms with E-state index in [1.807, 2.05) is 24.3 Å². The SMILES string of the molecule is Cc1ccc(Oc2ncccc2NC(=O)N2N=C(c3cccnc3)CC2c2ccccc2O)c2c1CCC2. The second kappa shape index (κ2) is 9.97. The first-order valence-electron chi connectivity index (χ1n) is 12.7. The molecule has 38 heavy (non-hydrogen) atoms. The van der Waals surface area contributed by atoms with Gasteiger partial charge in [-0.05, 0) is 73.2 Å². The zero-order chi connectivity index (χ0) is 26.1. The van der Waals surface area contributed by atoms with E-state index in [4.69, 9.17) is 4.74 Å². The van der Waals surface area contributed by atoms with Crippen LogP contribution in [0.3, 0.4) is 0 Å². The molecule has 2 aromatic carbocycles. The summed E-state index contributed by atoms with van der Waals surface area (Å²) in [6.07, 6.45) is 8.59. The van der Waals surface area contributed by atoms with Crippen molar-refractivity contribution in [2.24, 2.45) is 5.10 Å². The summed E-state index contributed by atoms with van der Waals surface area (Å²) in [5.74, 6) is 1.19. The van der Waals surface area contributed by atoms with E-state index in [9.17, 15) is 9.90 Å². The normalized spacial score (nSPS) is 16.2. The Kier molecular flexibility index (Phi) is 6.21. The average Bonchev–Trinajstić information content (AvgIpc) is 3.61. The third kappa shape index (κ3) is 4.45. The molecule has 6 rings (SSSR count). The number of carbonyl (C=O) groups is 1. The van der Waals surface area contributed by atoms with E-state index >= 15 is 0 Å². The molecule has 1 atom stereocenters. The van der Waals surface area contributed by atoms with Gasteiger partial charge in [-0.15, -0.1) is 0 Å². The number of benzene rings is 2. The molecule has 1 unspecified atom stereocenters. The largest absolute Gasteiger partial charge is 0.508 e. The number of hydrazone groups is 1. The van der Waals surface area contributed by atoms with Crippen LogP contribution < -0.4 is 10.1 Å². The van der Waals surface area contributed by atoms with Crippen LogP contribution in [0.25, 0.3) is 0 Å². The third-order valence-corrected chi connectivity index (χ3v) is 7.10. The van der Waals surface area contributed by atoms with Gasteiger partial charge < -0.3 is 15.2 Å². The van der Waals surface area contributed by atoms with Gasteiger partial charge in [0.1, 0.15) is 17.2 Å². The van der Waals surface area contributed by atoms with Crippen LogP contribution in [-0.2, 0) is 12.8 Å². The Hall–Kier alpha value is -4.72. The molecule has 4 aromatic rings. The summed E-state index contributed by atoms with van der Waals surface area (Å²) in [4.78, 5) is 22.3. The molecule has 0 saturated carbocycles. The van der Waals surface area contributed by atoms with Crippen LogP contribution in [0, 0.1) is 6.92 Å². The molecule has 0 radical (unpaired) electrons. The summed E-state index contributed by atoms with van der Waals surface area (Å²) >= 11 is 0. The van der Waals surface area contributed by atoms with Gasteiger partial charge in [-0.25, -0.2) is 14.8 Å². The Morgan fingerprint density at radius 3 is 2.71 bits per heavy atom. The zero-order valence-corrected chi connectivity index (χ0v) is 21.0. The second-order valence-corrected chi connectivity index (χ2v) is 9.49. The molecule has 2 amide bonds. The molecule has 0 saturated heterocycles. The number of para-hydroxylation sites is 1. The zero-order valence-electron chi connectivity index (χ0n) is 21.0. The molecule has 190 valence electrons. The molecule has 1 aliphatic heterocycles. The topological polar surface area (TPSA) is 99.9 Å². The van der Waals surface area contributed by atoms with Crippen LogP contribution in [0.2, 0.25) is 0 Å². The van der Waals surface area contributed by atoms with Crippen LogP contribution in [0.4, 0.5) is 10.5 Å². The van der Waals surface area contributed by atoms with E-state index in [0.717, 1.165) is 30.6 Å². The number of nitrogens with one attached hydrogen (secondary N) is 1. The van der Waals surface area contributed by atoms with Gasteiger partial charge in [-0.3, -0.25) is 4.98 Å². The fourth-order valence-corrected chi connectivity index (χ4v) is 5.21. The first-order valence-corrected chi connectivity index (χ1v) is 12.7. The summed E-state index contributed by atoms with van der Waals surface area (Å²) in [6.45, 7) is 2.12. The van der Waals surface area contributed by atoms with Crippen molar-refractivity contribution in [1.29, 1.82) is 0 Å². The van der Waals surface area contributed by atoms with Gasteiger partial charge in [0, 0.05) is 36.1 Å². The lowest BCUT2D eigenvalue weighted by molar-refractivity contribution is 0.199. The molecule has 8 heteroatoms. The number of ether oxygens (including phenoxy) is 1. The minimum absolute atomic E-state index is 0.108. The van der Waals surface area contributed by atoms with Crippen molar-refractivity contribution in [3.8, 4) is 17.4 Å². The number of hydrogen-bond acceptors (Lipinski definition) is 6. The van der Waals surface area contributed by atoms with Crippen molar-refractivity contribution in [2.75, 3.05) is 5.32 Å². The Balaban J connectivity index is 1.30. The highest BCUT2D eigenvalue weighted by Gasteiger charge is 2.35. The van der Waals surface area contributed by atoms with Crippen molar-refractivity contribution in [1.82, 2.24) is 15.0 Å². The Morgan fingerprint density at radius 2 is 1.87 bits per heavy atom. The van der Waals surface area contributed by atoms with Gasteiger partial charge in [0.05, 0.1) is 11.8 Å². The molecule has 0 fully saturated rings. The fraction of sp³-hybridized carbons (Fsp3) is 0.200. The number of nitrogens with zero attached hydrogens (tertiary/aromatic N) is 4. The molecular formula is C30H27N5O3. The highest BCUT2D eigenvalue weighted by atomic mass is 16.5. The maximum atomic E-state index is 13.7. The number of amides is 2. The predicted molar refractivity (Wildman–Crippen MR) is 145 cm³/mol. The maximum Gasteiger partial charge on any atom is 0.343 e. The maximum absolute atomic E-state index is 13.7. The Morgan fingerprint density at radius 1 is 1.03 bits per heavy atom. The van der Waals surface area contributed by atoms with E-state index < -0.39 is 12.1 Å². The average molecular weight is 506 g/mol. The summed E-state index contributed by atoms with van der Waals surface area (Å²) in [6, 6.07) is 17.3. The fourth-order valence-electron chi connectivity index (χ4n) is 5.21. The van der Waals surface area contributed by atoms with Gasteiger partial charge in [-0.1, -0.05) is 30.3 Å². The lowest BCUT2D eigenvalue weighted by Gasteiger charge is -2.23.